The molecule has 31 heavy (non-hydrogen) atoms. The summed E-state index contributed by atoms with van der Waals surface area (Å²) in [7, 11) is 0. The van der Waals surface area contributed by atoms with Crippen LogP contribution in [0.25, 0.3) is 0 Å². The highest BCUT2D eigenvalue weighted by molar-refractivity contribution is 7.81. The number of aliphatic carboxylic acids is 1. The molecule has 8 nitrogen and oxygen atoms in total. The van der Waals surface area contributed by atoms with Crippen LogP contribution in [0.3, 0.4) is 0 Å². The van der Waals surface area contributed by atoms with Crippen LogP contribution in [0, 0.1) is 0 Å². The Hall–Kier alpha value is -3.20. The predicted octanol–water partition coefficient (Wildman–Crippen LogP) is 1.87. The van der Waals surface area contributed by atoms with Crippen molar-refractivity contribution in [3.05, 3.63) is 59.7 Å². The van der Waals surface area contributed by atoms with Gasteiger partial charge in [0.1, 0.15) is 17.5 Å². The van der Waals surface area contributed by atoms with Gasteiger partial charge in [-0.25, -0.2) is 4.79 Å². The Bertz CT molecular complexity index is 947. The second kappa shape index (κ2) is 9.74. The zero-order valence-electron chi connectivity index (χ0n) is 16.6. The number of carbonyl (C=O) groups excluding carboxylic acids is 2. The number of hydrogen-bond donors (Lipinski definition) is 5. The molecular formula is C22H24N2O6S. The van der Waals surface area contributed by atoms with Crippen LogP contribution in [-0.2, 0) is 20.8 Å². The van der Waals surface area contributed by atoms with E-state index in [0.717, 1.165) is 11.1 Å². The maximum Gasteiger partial charge on any atom is 0.326 e. The molecule has 1 aliphatic rings. The normalized spacial score (nSPS) is 19.1. The van der Waals surface area contributed by atoms with Crippen LogP contribution in [0.15, 0.2) is 48.5 Å². The third-order valence-corrected chi connectivity index (χ3v) is 5.73. The molecule has 1 aliphatic heterocycles. The molecule has 1 fully saturated rings. The number of amides is 2. The van der Waals surface area contributed by atoms with Gasteiger partial charge in [-0.2, -0.15) is 12.6 Å². The SMILES string of the molecule is O=C(NCC(=O)N1C(c2ccc(O)cc2)CC[C@H]1C(=O)O)C(S)Cc1ccc(O)cc1. The van der Waals surface area contributed by atoms with Crippen molar-refractivity contribution in [2.75, 3.05) is 6.54 Å². The molecule has 4 N–H and O–H groups in total. The summed E-state index contributed by atoms with van der Waals surface area (Å²) in [5, 5.41) is 30.2. The van der Waals surface area contributed by atoms with Gasteiger partial charge >= 0.3 is 5.97 Å². The standard InChI is InChI=1S/C22H24N2O6S/c25-15-5-1-13(2-6-15)11-19(31)21(28)23-12-20(27)24-17(9-10-18(24)22(29)30)14-3-7-16(26)8-4-14/h1-8,17-19,25-26,31H,9-12H2,(H,23,28)(H,29,30)/t17?,18-,19?/m0/s1. The Labute approximate surface area is 184 Å². The minimum atomic E-state index is -1.10. The number of carbonyl (C=O) groups is 3. The summed E-state index contributed by atoms with van der Waals surface area (Å²) in [6.07, 6.45) is 1.08. The molecule has 2 amide bonds. The number of aromatic hydroxyl groups is 2. The van der Waals surface area contributed by atoms with E-state index in [1.807, 2.05) is 0 Å². The number of nitrogens with zero attached hydrogens (tertiary/aromatic N) is 1. The molecule has 164 valence electrons. The minimum Gasteiger partial charge on any atom is -0.508 e. The topological polar surface area (TPSA) is 127 Å². The molecule has 3 atom stereocenters. The first-order chi connectivity index (χ1) is 14.8. The molecule has 1 heterocycles. The van der Waals surface area contributed by atoms with E-state index in [4.69, 9.17) is 0 Å². The fraction of sp³-hybridized carbons (Fsp3) is 0.318. The van der Waals surface area contributed by atoms with Gasteiger partial charge in [0, 0.05) is 0 Å². The average Bonchev–Trinajstić information content (AvgIpc) is 3.19. The van der Waals surface area contributed by atoms with Crippen molar-refractivity contribution in [2.45, 2.75) is 36.6 Å². The van der Waals surface area contributed by atoms with Gasteiger partial charge in [0.15, 0.2) is 0 Å². The largest absolute Gasteiger partial charge is 0.508 e. The van der Waals surface area contributed by atoms with Crippen LogP contribution >= 0.6 is 12.6 Å². The quantitative estimate of drug-likeness (QED) is 0.415. The zero-order valence-corrected chi connectivity index (χ0v) is 17.5. The summed E-state index contributed by atoms with van der Waals surface area (Å²) in [4.78, 5) is 38.2. The smallest absolute Gasteiger partial charge is 0.326 e. The lowest BCUT2D eigenvalue weighted by Crippen LogP contribution is -2.47. The third kappa shape index (κ3) is 5.49. The maximum atomic E-state index is 12.9. The Morgan fingerprint density at radius 1 is 1.00 bits per heavy atom. The molecule has 0 aliphatic carbocycles. The molecule has 9 heteroatoms. The van der Waals surface area contributed by atoms with Gasteiger partial charge in [0.2, 0.25) is 11.8 Å². The second-order valence-electron chi connectivity index (χ2n) is 7.44. The van der Waals surface area contributed by atoms with Gasteiger partial charge in [-0.05, 0) is 54.7 Å². The Balaban J connectivity index is 1.64. The van der Waals surface area contributed by atoms with E-state index in [2.05, 4.69) is 17.9 Å². The molecule has 0 spiro atoms. The molecule has 0 radical (unpaired) electrons. The van der Waals surface area contributed by atoms with Crippen LogP contribution < -0.4 is 5.32 Å². The second-order valence-corrected chi connectivity index (χ2v) is 8.07. The molecule has 1 saturated heterocycles. The number of carboxylic acid groups (broad SMARTS) is 1. The first kappa shape index (κ1) is 22.5. The van der Waals surface area contributed by atoms with Crippen molar-refractivity contribution in [1.82, 2.24) is 10.2 Å². The first-order valence-corrected chi connectivity index (χ1v) is 10.3. The van der Waals surface area contributed by atoms with Crippen molar-refractivity contribution in [3.63, 3.8) is 0 Å². The van der Waals surface area contributed by atoms with Crippen LogP contribution in [0.2, 0.25) is 0 Å². The number of benzene rings is 2. The predicted molar refractivity (Wildman–Crippen MR) is 116 cm³/mol. The lowest BCUT2D eigenvalue weighted by molar-refractivity contribution is -0.149. The lowest BCUT2D eigenvalue weighted by Gasteiger charge is -2.29. The highest BCUT2D eigenvalue weighted by atomic mass is 32.1. The summed E-state index contributed by atoms with van der Waals surface area (Å²) in [6, 6.07) is 11.3. The number of phenols is 2. The van der Waals surface area contributed by atoms with Gasteiger partial charge in [-0.15, -0.1) is 0 Å². The van der Waals surface area contributed by atoms with Crippen LogP contribution in [0.4, 0.5) is 0 Å². The Morgan fingerprint density at radius 3 is 2.16 bits per heavy atom. The highest BCUT2D eigenvalue weighted by Gasteiger charge is 2.41. The molecule has 0 aromatic heterocycles. The fourth-order valence-electron chi connectivity index (χ4n) is 3.74. The molecule has 2 aromatic rings. The number of carboxylic acids is 1. The summed E-state index contributed by atoms with van der Waals surface area (Å²) in [5.74, 6) is -1.84. The van der Waals surface area contributed by atoms with Gasteiger partial charge < -0.3 is 25.5 Å². The van der Waals surface area contributed by atoms with E-state index < -0.39 is 35.1 Å². The van der Waals surface area contributed by atoms with Gasteiger partial charge in [0.25, 0.3) is 0 Å². The van der Waals surface area contributed by atoms with Crippen molar-refractivity contribution in [1.29, 1.82) is 0 Å². The van der Waals surface area contributed by atoms with Gasteiger partial charge in [-0.3, -0.25) is 9.59 Å². The van der Waals surface area contributed by atoms with Crippen molar-refractivity contribution >= 4 is 30.4 Å². The van der Waals surface area contributed by atoms with Crippen molar-refractivity contribution in [2.24, 2.45) is 0 Å². The molecule has 0 saturated carbocycles. The Morgan fingerprint density at radius 2 is 1.58 bits per heavy atom. The number of thiol groups is 1. The number of hydrogen-bond acceptors (Lipinski definition) is 6. The third-order valence-electron chi connectivity index (χ3n) is 5.32. The van der Waals surface area contributed by atoms with Crippen LogP contribution in [-0.4, -0.2) is 55.8 Å². The summed E-state index contributed by atoms with van der Waals surface area (Å²) >= 11 is 4.29. The molecule has 2 aromatic carbocycles. The molecule has 0 bridgehead atoms. The highest BCUT2D eigenvalue weighted by Crippen LogP contribution is 2.36. The van der Waals surface area contributed by atoms with E-state index >= 15 is 0 Å². The maximum absolute atomic E-state index is 12.9. The first-order valence-electron chi connectivity index (χ1n) is 9.83. The van der Waals surface area contributed by atoms with Crippen LogP contribution in [0.5, 0.6) is 11.5 Å². The molecule has 3 rings (SSSR count). The monoisotopic (exact) mass is 444 g/mol. The average molecular weight is 445 g/mol. The Kier molecular flexibility index (Phi) is 7.06. The van der Waals surface area contributed by atoms with Crippen molar-refractivity contribution in [3.8, 4) is 11.5 Å². The van der Waals surface area contributed by atoms with E-state index in [9.17, 15) is 29.7 Å². The molecular weight excluding hydrogens is 420 g/mol. The fourth-order valence-corrected chi connectivity index (χ4v) is 4.05. The van der Waals surface area contributed by atoms with Gasteiger partial charge in [-0.1, -0.05) is 24.3 Å². The lowest BCUT2D eigenvalue weighted by atomic mass is 10.0. The van der Waals surface area contributed by atoms with E-state index in [-0.39, 0.29) is 18.0 Å². The number of likely N-dealkylation sites (tertiary alicyclic amines) is 1. The van der Waals surface area contributed by atoms with E-state index in [1.165, 1.54) is 29.2 Å². The summed E-state index contributed by atoms with van der Waals surface area (Å²) in [6.45, 7) is -0.343. The summed E-state index contributed by atoms with van der Waals surface area (Å²) < 4.78 is 0. The summed E-state index contributed by atoms with van der Waals surface area (Å²) in [5.41, 5.74) is 1.53. The molecule has 2 unspecified atom stereocenters. The number of rotatable bonds is 7. The van der Waals surface area contributed by atoms with E-state index in [0.29, 0.717) is 19.3 Å². The van der Waals surface area contributed by atoms with E-state index in [1.54, 1.807) is 24.3 Å². The van der Waals surface area contributed by atoms with Crippen molar-refractivity contribution < 1.29 is 29.7 Å². The number of phenolic OH excluding ortho intramolecular Hbond substituents is 2. The minimum absolute atomic E-state index is 0.0788. The van der Waals surface area contributed by atoms with Crippen LogP contribution in [0.1, 0.15) is 30.0 Å². The van der Waals surface area contributed by atoms with Gasteiger partial charge in [0.05, 0.1) is 17.8 Å². The zero-order chi connectivity index (χ0) is 22.5. The number of nitrogens with one attached hydrogen (secondary N) is 1.